The highest BCUT2D eigenvalue weighted by Gasteiger charge is 2.37. The summed E-state index contributed by atoms with van der Waals surface area (Å²) in [6.45, 7) is 12.7. The van der Waals surface area contributed by atoms with E-state index in [4.69, 9.17) is 9.47 Å². The molecule has 1 fully saturated rings. The summed E-state index contributed by atoms with van der Waals surface area (Å²) in [5, 5.41) is 0. The van der Waals surface area contributed by atoms with E-state index in [9.17, 15) is 9.18 Å². The lowest BCUT2D eigenvalue weighted by molar-refractivity contribution is -0.0500. The van der Waals surface area contributed by atoms with Crippen molar-refractivity contribution in [1.82, 2.24) is 4.90 Å². The van der Waals surface area contributed by atoms with E-state index in [0.717, 1.165) is 32.1 Å². The van der Waals surface area contributed by atoms with Crippen LogP contribution < -0.4 is 0 Å². The summed E-state index contributed by atoms with van der Waals surface area (Å²) in [5.74, 6) is 0. The van der Waals surface area contributed by atoms with E-state index in [1.165, 1.54) is 11.6 Å². The van der Waals surface area contributed by atoms with Gasteiger partial charge in [-0.25, -0.2) is 9.18 Å². The molecule has 0 spiro atoms. The minimum atomic E-state index is -0.481. The average molecular weight is 396 g/mol. The fourth-order valence-corrected chi connectivity index (χ4v) is 3.52. The molecule has 0 aromatic carbocycles. The van der Waals surface area contributed by atoms with Crippen molar-refractivity contribution in [3.63, 3.8) is 0 Å². The molecule has 0 aliphatic carbocycles. The molecule has 0 aromatic rings. The Hall–Kier alpha value is -1.62. The standard InChI is InChI=1S/C23H38FNO3/c1-7-20-17-21(16-19(3)25(20)22(26)28-23(4,5)6)27-15-11-13-18(2)12-9-8-10-14-24/h8-10,12,14,19-21H,7,11,13,15-17H2,1-6H3/b9-8-,14-10+,18-12+. The molecule has 3 atom stereocenters. The largest absolute Gasteiger partial charge is 0.444 e. The van der Waals surface area contributed by atoms with E-state index in [2.05, 4.69) is 20.8 Å². The van der Waals surface area contributed by atoms with Crippen LogP contribution in [0.5, 0.6) is 0 Å². The van der Waals surface area contributed by atoms with Gasteiger partial charge in [0.2, 0.25) is 0 Å². The molecule has 0 N–H and O–H groups in total. The maximum atomic E-state index is 12.6. The molecule has 0 aromatic heterocycles. The van der Waals surface area contributed by atoms with E-state index >= 15 is 0 Å². The van der Waals surface area contributed by atoms with Crippen LogP contribution in [-0.2, 0) is 9.47 Å². The first-order chi connectivity index (χ1) is 13.2. The van der Waals surface area contributed by atoms with Crippen molar-refractivity contribution < 1.29 is 18.7 Å². The maximum Gasteiger partial charge on any atom is 0.410 e. The molecular weight excluding hydrogens is 357 g/mol. The molecule has 28 heavy (non-hydrogen) atoms. The number of nitrogens with zero attached hydrogens (tertiary/aromatic N) is 1. The first kappa shape index (κ1) is 24.4. The fraction of sp³-hybridized carbons (Fsp3) is 0.696. The minimum absolute atomic E-state index is 0.105. The van der Waals surface area contributed by atoms with Crippen LogP contribution in [0, 0.1) is 0 Å². The minimum Gasteiger partial charge on any atom is -0.444 e. The summed E-state index contributed by atoms with van der Waals surface area (Å²) in [7, 11) is 0. The van der Waals surface area contributed by atoms with Gasteiger partial charge in [0.1, 0.15) is 5.60 Å². The van der Waals surface area contributed by atoms with Crippen LogP contribution in [0.3, 0.4) is 0 Å². The zero-order chi connectivity index (χ0) is 21.2. The van der Waals surface area contributed by atoms with Gasteiger partial charge in [0.15, 0.2) is 0 Å². The number of likely N-dealkylation sites (tertiary alicyclic amines) is 1. The lowest BCUT2D eigenvalue weighted by atomic mass is 9.92. The van der Waals surface area contributed by atoms with Gasteiger partial charge in [-0.2, -0.15) is 0 Å². The summed E-state index contributed by atoms with van der Waals surface area (Å²) in [5.41, 5.74) is 0.761. The Kier molecular flexibility index (Phi) is 10.5. The Balaban J connectivity index is 2.47. The third-order valence-corrected chi connectivity index (χ3v) is 4.83. The number of piperidine rings is 1. The highest BCUT2D eigenvalue weighted by molar-refractivity contribution is 5.69. The molecule has 3 unspecified atom stereocenters. The Morgan fingerprint density at radius 2 is 1.93 bits per heavy atom. The molecule has 1 aliphatic heterocycles. The highest BCUT2D eigenvalue weighted by Crippen LogP contribution is 2.29. The molecular formula is C23H38FNO3. The average Bonchev–Trinajstić information content (AvgIpc) is 2.60. The van der Waals surface area contributed by atoms with Gasteiger partial charge in [0, 0.05) is 18.7 Å². The monoisotopic (exact) mass is 395 g/mol. The molecule has 1 heterocycles. The van der Waals surface area contributed by atoms with Gasteiger partial charge in [-0.3, -0.25) is 0 Å². The summed E-state index contributed by atoms with van der Waals surface area (Å²) in [6.07, 6.45) is 11.8. The molecule has 0 saturated carbocycles. The van der Waals surface area contributed by atoms with Crippen molar-refractivity contribution in [2.45, 2.75) is 97.4 Å². The SMILES string of the molecule is CCC1CC(OCCC/C(C)=C/C=C\C=C\F)CC(C)N1C(=O)OC(C)(C)C. The molecule has 1 amide bonds. The van der Waals surface area contributed by atoms with Gasteiger partial charge in [-0.15, -0.1) is 0 Å². The van der Waals surface area contributed by atoms with Crippen LogP contribution in [0.25, 0.3) is 0 Å². The van der Waals surface area contributed by atoms with Gasteiger partial charge in [0.25, 0.3) is 0 Å². The maximum absolute atomic E-state index is 12.6. The molecule has 1 aliphatic rings. The number of amides is 1. The van der Waals surface area contributed by atoms with Crippen molar-refractivity contribution >= 4 is 6.09 Å². The lowest BCUT2D eigenvalue weighted by Crippen LogP contribution is -2.54. The van der Waals surface area contributed by atoms with E-state index in [1.54, 1.807) is 6.08 Å². The third-order valence-electron chi connectivity index (χ3n) is 4.83. The van der Waals surface area contributed by atoms with Gasteiger partial charge in [-0.1, -0.05) is 30.7 Å². The van der Waals surface area contributed by atoms with E-state index < -0.39 is 5.60 Å². The van der Waals surface area contributed by atoms with Crippen LogP contribution in [-0.4, -0.2) is 41.4 Å². The molecule has 1 rings (SSSR count). The molecule has 5 heteroatoms. The normalized spacial score (nSPS) is 24.3. The molecule has 1 saturated heterocycles. The Labute approximate surface area is 170 Å². The first-order valence-corrected chi connectivity index (χ1v) is 10.4. The summed E-state index contributed by atoms with van der Waals surface area (Å²) >= 11 is 0. The van der Waals surface area contributed by atoms with Crippen molar-refractivity contribution in [2.24, 2.45) is 0 Å². The second-order valence-electron chi connectivity index (χ2n) is 8.58. The molecule has 4 nitrogen and oxygen atoms in total. The number of halogens is 1. The molecule has 0 bridgehead atoms. The van der Waals surface area contributed by atoms with Crippen LogP contribution >= 0.6 is 0 Å². The fourth-order valence-electron chi connectivity index (χ4n) is 3.52. The topological polar surface area (TPSA) is 38.8 Å². The third kappa shape index (κ3) is 9.05. The van der Waals surface area contributed by atoms with Gasteiger partial charge in [0.05, 0.1) is 12.4 Å². The highest BCUT2D eigenvalue weighted by atomic mass is 19.1. The number of carbonyl (C=O) groups excluding carboxylic acids is 1. The Morgan fingerprint density at radius 3 is 2.54 bits per heavy atom. The van der Waals surface area contributed by atoms with Gasteiger partial charge < -0.3 is 14.4 Å². The molecule has 160 valence electrons. The lowest BCUT2D eigenvalue weighted by Gasteiger charge is -2.43. The number of allylic oxidation sites excluding steroid dienone is 5. The number of hydrogen-bond donors (Lipinski definition) is 0. The number of ether oxygens (including phenoxy) is 2. The van der Waals surface area contributed by atoms with Crippen molar-refractivity contribution in [2.75, 3.05) is 6.61 Å². The van der Waals surface area contributed by atoms with Gasteiger partial charge in [-0.05, 0) is 72.8 Å². The summed E-state index contributed by atoms with van der Waals surface area (Å²) in [4.78, 5) is 14.5. The van der Waals surface area contributed by atoms with Crippen LogP contribution in [0.2, 0.25) is 0 Å². The zero-order valence-electron chi connectivity index (χ0n) is 18.4. The Bertz CT molecular complexity index is 563. The van der Waals surface area contributed by atoms with Crippen molar-refractivity contribution in [3.05, 3.63) is 36.2 Å². The van der Waals surface area contributed by atoms with Crippen molar-refractivity contribution in [3.8, 4) is 0 Å². The zero-order valence-corrected chi connectivity index (χ0v) is 18.4. The van der Waals surface area contributed by atoms with E-state index in [-0.39, 0.29) is 24.3 Å². The second-order valence-corrected chi connectivity index (χ2v) is 8.58. The summed E-state index contributed by atoms with van der Waals surface area (Å²) < 4.78 is 23.6. The molecule has 0 radical (unpaired) electrons. The van der Waals surface area contributed by atoms with Crippen LogP contribution in [0.1, 0.15) is 73.6 Å². The van der Waals surface area contributed by atoms with E-state index in [1.807, 2.05) is 37.8 Å². The van der Waals surface area contributed by atoms with Crippen LogP contribution in [0.15, 0.2) is 36.2 Å². The number of rotatable bonds is 8. The summed E-state index contributed by atoms with van der Waals surface area (Å²) in [6, 6.07) is 0.257. The van der Waals surface area contributed by atoms with Crippen LogP contribution in [0.4, 0.5) is 9.18 Å². The van der Waals surface area contributed by atoms with E-state index in [0.29, 0.717) is 12.9 Å². The van der Waals surface area contributed by atoms with Gasteiger partial charge >= 0.3 is 6.09 Å². The quantitative estimate of drug-likeness (QED) is 0.356. The van der Waals surface area contributed by atoms with Crippen molar-refractivity contribution in [1.29, 1.82) is 0 Å². The predicted molar refractivity (Wildman–Crippen MR) is 113 cm³/mol. The first-order valence-electron chi connectivity index (χ1n) is 10.4. The second kappa shape index (κ2) is 12.1. The number of hydrogen-bond acceptors (Lipinski definition) is 3. The Morgan fingerprint density at radius 1 is 1.21 bits per heavy atom. The number of carbonyl (C=O) groups is 1. The predicted octanol–water partition coefficient (Wildman–Crippen LogP) is 6.34. The smallest absolute Gasteiger partial charge is 0.410 e.